The molecule has 6 nitrogen and oxygen atoms in total. The van der Waals surface area contributed by atoms with Crippen LogP contribution in [0.25, 0.3) is 0 Å². The zero-order chi connectivity index (χ0) is 14.9. The van der Waals surface area contributed by atoms with Gasteiger partial charge in [-0.3, -0.25) is 0 Å². The molecule has 0 aliphatic heterocycles. The molecular weight excluding hydrogens is 367 g/mol. The summed E-state index contributed by atoms with van der Waals surface area (Å²) in [5.74, 6) is 0.0417. The smallest absolute Gasteiger partial charge is 1.00 e. The van der Waals surface area contributed by atoms with E-state index in [1.165, 1.54) is 24.3 Å². The van der Waals surface area contributed by atoms with Crippen molar-refractivity contribution in [2.75, 3.05) is 10.5 Å². The van der Waals surface area contributed by atoms with E-state index in [0.29, 0.717) is 17.1 Å². The van der Waals surface area contributed by atoms with Crippen molar-refractivity contribution in [1.29, 1.82) is 0 Å². The van der Waals surface area contributed by atoms with Gasteiger partial charge < -0.3 is 7.16 Å². The molecule has 0 amide bonds. The van der Waals surface area contributed by atoms with E-state index in [1.54, 1.807) is 13.8 Å². The molecule has 3 N–H and O–H groups in total. The van der Waals surface area contributed by atoms with Crippen molar-refractivity contribution in [3.8, 4) is 0 Å². The predicted molar refractivity (Wildman–Crippen MR) is 82.0 cm³/mol. The Bertz CT molecular complexity index is 733. The number of nitrogen functional groups attached to an aromatic ring is 1. The second kappa shape index (κ2) is 7.06. The third kappa shape index (κ3) is 4.40. The Morgan fingerprint density at radius 1 is 1.14 bits per heavy atom. The van der Waals surface area contributed by atoms with Gasteiger partial charge in [-0.15, -0.1) is 0 Å². The molecule has 0 aliphatic carbocycles. The molecule has 2 aromatic rings. The first-order valence-electron chi connectivity index (χ1n) is 5.69. The Balaban J connectivity index is 0.00000220. The molecule has 0 atom stereocenters. The number of aromatic nitrogens is 2. The molecule has 9 heteroatoms. The molecule has 1 heterocycles. The number of nitrogens with zero attached hydrogens (tertiary/aromatic N) is 2. The molecule has 2 rings (SSSR count). The standard InChI is InChI=1S/C12H13BrN4O2S.Na.H/c1-7-11(13)8(2)16-12(15-7)17-20(18,19)10-5-3-9(14)4-6-10;;/h3-6H,14H2,1-2H3,(H,15,16,17);;/q;+1;-1. The number of benzene rings is 1. The second-order valence-electron chi connectivity index (χ2n) is 4.21. The van der Waals surface area contributed by atoms with E-state index in [2.05, 4.69) is 30.6 Å². The Morgan fingerprint density at radius 3 is 2.10 bits per heavy atom. The molecule has 0 fully saturated rings. The van der Waals surface area contributed by atoms with Crippen molar-refractivity contribution in [3.05, 3.63) is 40.1 Å². The molecule has 1 aromatic carbocycles. The average Bonchev–Trinajstić information content (AvgIpc) is 2.36. The summed E-state index contributed by atoms with van der Waals surface area (Å²) in [4.78, 5) is 8.28. The van der Waals surface area contributed by atoms with Crippen LogP contribution in [-0.2, 0) is 10.0 Å². The summed E-state index contributed by atoms with van der Waals surface area (Å²) in [6, 6.07) is 5.90. The minimum Gasteiger partial charge on any atom is -1.00 e. The van der Waals surface area contributed by atoms with Crippen molar-refractivity contribution >= 4 is 37.6 Å². The number of nitrogens with one attached hydrogen (secondary N) is 1. The predicted octanol–water partition coefficient (Wildman–Crippen LogP) is -0.645. The van der Waals surface area contributed by atoms with Gasteiger partial charge >= 0.3 is 29.6 Å². The van der Waals surface area contributed by atoms with Gasteiger partial charge in [0.15, 0.2) is 0 Å². The van der Waals surface area contributed by atoms with Gasteiger partial charge in [0.05, 0.1) is 20.8 Å². The molecule has 0 saturated carbocycles. The second-order valence-corrected chi connectivity index (χ2v) is 6.68. The summed E-state index contributed by atoms with van der Waals surface area (Å²) in [6.07, 6.45) is 0. The largest absolute Gasteiger partial charge is 1.00 e. The fourth-order valence-corrected chi connectivity index (χ4v) is 2.70. The maximum atomic E-state index is 12.2. The molecule has 108 valence electrons. The summed E-state index contributed by atoms with van der Waals surface area (Å²) in [6.45, 7) is 3.53. The Kier molecular flexibility index (Phi) is 6.18. The average molecular weight is 381 g/mol. The zero-order valence-corrected chi connectivity index (χ0v) is 16.3. The Labute approximate surface area is 155 Å². The minimum atomic E-state index is -3.72. The Hall–Kier alpha value is -0.670. The maximum absolute atomic E-state index is 12.2. The molecule has 0 spiro atoms. The SMILES string of the molecule is Cc1nc(NS(=O)(=O)c2ccc(N)cc2)nc(C)c1Br.[H-].[Na+]. The molecule has 0 saturated heterocycles. The number of hydrogen-bond acceptors (Lipinski definition) is 5. The van der Waals surface area contributed by atoms with Gasteiger partial charge in [0.25, 0.3) is 10.0 Å². The quantitative estimate of drug-likeness (QED) is 0.544. The van der Waals surface area contributed by atoms with Crippen LogP contribution in [0.5, 0.6) is 0 Å². The monoisotopic (exact) mass is 380 g/mol. The van der Waals surface area contributed by atoms with Crippen LogP contribution in [0.4, 0.5) is 11.6 Å². The van der Waals surface area contributed by atoms with E-state index in [-0.39, 0.29) is 41.8 Å². The summed E-state index contributed by atoms with van der Waals surface area (Å²) in [5, 5.41) is 0. The van der Waals surface area contributed by atoms with E-state index >= 15 is 0 Å². The number of aryl methyl sites for hydroxylation is 2. The fourth-order valence-electron chi connectivity index (χ4n) is 1.57. The van der Waals surface area contributed by atoms with E-state index in [1.807, 2.05) is 0 Å². The van der Waals surface area contributed by atoms with Gasteiger partial charge in [-0.05, 0) is 54.0 Å². The van der Waals surface area contributed by atoms with Crippen molar-refractivity contribution in [1.82, 2.24) is 9.97 Å². The number of anilines is 2. The van der Waals surface area contributed by atoms with Gasteiger partial charge in [-0.2, -0.15) is 0 Å². The third-order valence-corrected chi connectivity index (χ3v) is 5.09. The van der Waals surface area contributed by atoms with Crippen molar-refractivity contribution in [3.63, 3.8) is 0 Å². The molecule has 21 heavy (non-hydrogen) atoms. The molecule has 0 aliphatic rings. The van der Waals surface area contributed by atoms with E-state index < -0.39 is 10.0 Å². The summed E-state index contributed by atoms with van der Waals surface area (Å²) >= 11 is 3.33. The van der Waals surface area contributed by atoms with Crippen LogP contribution in [0.3, 0.4) is 0 Å². The number of halogens is 1. The first-order valence-corrected chi connectivity index (χ1v) is 7.96. The van der Waals surface area contributed by atoms with E-state index in [0.717, 1.165) is 4.47 Å². The summed E-state index contributed by atoms with van der Waals surface area (Å²) in [7, 11) is -3.72. The van der Waals surface area contributed by atoms with Crippen molar-refractivity contribution in [2.45, 2.75) is 18.7 Å². The minimum absolute atomic E-state index is 0. The van der Waals surface area contributed by atoms with E-state index in [9.17, 15) is 8.42 Å². The first kappa shape index (κ1) is 18.4. The molecule has 0 bridgehead atoms. The van der Waals surface area contributed by atoms with Crippen LogP contribution in [0, 0.1) is 13.8 Å². The van der Waals surface area contributed by atoms with E-state index in [4.69, 9.17) is 5.73 Å². The van der Waals surface area contributed by atoms with Crippen LogP contribution < -0.4 is 40.0 Å². The van der Waals surface area contributed by atoms with Crippen LogP contribution in [0.2, 0.25) is 0 Å². The zero-order valence-electron chi connectivity index (χ0n) is 12.9. The molecule has 0 radical (unpaired) electrons. The van der Waals surface area contributed by atoms with Crippen molar-refractivity contribution in [2.24, 2.45) is 0 Å². The summed E-state index contributed by atoms with van der Waals surface area (Å²) in [5.41, 5.74) is 7.35. The van der Waals surface area contributed by atoms with Gasteiger partial charge in [-0.1, -0.05) is 0 Å². The topological polar surface area (TPSA) is 98.0 Å². The van der Waals surface area contributed by atoms with Crippen LogP contribution in [0.15, 0.2) is 33.6 Å². The van der Waals surface area contributed by atoms with Crippen LogP contribution in [-0.4, -0.2) is 18.4 Å². The van der Waals surface area contributed by atoms with Gasteiger partial charge in [-0.25, -0.2) is 23.1 Å². The van der Waals surface area contributed by atoms with Gasteiger partial charge in [0.2, 0.25) is 5.95 Å². The van der Waals surface area contributed by atoms with Crippen molar-refractivity contribution < 1.29 is 39.4 Å². The Morgan fingerprint density at radius 2 is 1.62 bits per heavy atom. The van der Waals surface area contributed by atoms with Crippen LogP contribution in [0.1, 0.15) is 12.8 Å². The van der Waals surface area contributed by atoms with Gasteiger partial charge in [0, 0.05) is 5.69 Å². The number of nitrogens with two attached hydrogens (primary N) is 1. The fraction of sp³-hybridized carbons (Fsp3) is 0.167. The number of rotatable bonds is 3. The number of sulfonamides is 1. The summed E-state index contributed by atoms with van der Waals surface area (Å²) < 4.78 is 27.5. The third-order valence-electron chi connectivity index (χ3n) is 2.60. The molecular formula is C12H14BrN4NaO2S. The number of hydrogen-bond donors (Lipinski definition) is 2. The maximum Gasteiger partial charge on any atom is 1.00 e. The van der Waals surface area contributed by atoms with Gasteiger partial charge in [0.1, 0.15) is 0 Å². The molecule has 0 unspecified atom stereocenters. The normalized spacial score (nSPS) is 10.8. The first-order chi connectivity index (χ1) is 9.29. The van der Waals surface area contributed by atoms with Crippen LogP contribution >= 0.6 is 15.9 Å². The molecule has 1 aromatic heterocycles.